The lowest BCUT2D eigenvalue weighted by molar-refractivity contribution is 0.0507. The third-order valence-corrected chi connectivity index (χ3v) is 1.39. The highest BCUT2D eigenvalue weighted by molar-refractivity contribution is 6.30. The third-order valence-electron chi connectivity index (χ3n) is 1.11. The van der Waals surface area contributed by atoms with E-state index < -0.39 is 5.82 Å². The maximum absolute atomic E-state index is 12.5. The Bertz CT molecular complexity index is 270. The molecule has 0 aliphatic rings. The van der Waals surface area contributed by atoms with E-state index in [0.29, 0.717) is 0 Å². The summed E-state index contributed by atoms with van der Waals surface area (Å²) in [6.07, 6.45) is 1.02. The van der Waals surface area contributed by atoms with Gasteiger partial charge >= 0.3 is 0 Å². The molecule has 1 rings (SSSR count). The van der Waals surface area contributed by atoms with Crippen molar-refractivity contribution in [3.05, 3.63) is 23.2 Å². The molecule has 0 N–H and O–H groups in total. The zero-order chi connectivity index (χ0) is 8.97. The second-order valence-corrected chi connectivity index (χ2v) is 2.35. The van der Waals surface area contributed by atoms with Gasteiger partial charge in [-0.15, -0.1) is 0 Å². The summed E-state index contributed by atoms with van der Waals surface area (Å²) >= 11 is 5.57. The highest BCUT2D eigenvalue weighted by atomic mass is 35.5. The van der Waals surface area contributed by atoms with E-state index in [9.17, 15) is 4.39 Å². The van der Waals surface area contributed by atoms with Gasteiger partial charge in [0.05, 0.1) is 6.20 Å². The molecule has 66 valence electrons. The molecule has 0 bridgehead atoms. The molecule has 12 heavy (non-hydrogen) atoms. The predicted octanol–water partition coefficient (Wildman–Crippen LogP) is 1.86. The van der Waals surface area contributed by atoms with Crippen LogP contribution in [0.25, 0.3) is 0 Å². The number of hydrogen-bond donors (Lipinski definition) is 0. The molecule has 0 unspecified atom stereocenters. The molecule has 5 heteroatoms. The third kappa shape index (κ3) is 2.32. The van der Waals surface area contributed by atoms with Crippen molar-refractivity contribution >= 4 is 11.6 Å². The van der Waals surface area contributed by atoms with Crippen LogP contribution in [-0.4, -0.2) is 18.9 Å². The summed E-state index contributed by atoms with van der Waals surface area (Å²) in [4.78, 5) is 3.54. The van der Waals surface area contributed by atoms with Crippen molar-refractivity contribution in [1.82, 2.24) is 4.98 Å². The Morgan fingerprint density at radius 2 is 2.42 bits per heavy atom. The minimum atomic E-state index is -0.495. The maximum Gasteiger partial charge on any atom is 0.188 e. The van der Waals surface area contributed by atoms with Crippen LogP contribution in [0.3, 0.4) is 0 Å². The van der Waals surface area contributed by atoms with Crippen LogP contribution in [0.15, 0.2) is 12.3 Å². The normalized spacial score (nSPS) is 9.92. The Kier molecular flexibility index (Phi) is 3.25. The molecule has 0 saturated heterocycles. The Labute approximate surface area is 74.1 Å². The van der Waals surface area contributed by atoms with Gasteiger partial charge < -0.3 is 9.47 Å². The van der Waals surface area contributed by atoms with E-state index in [4.69, 9.17) is 16.3 Å². The molecule has 0 aliphatic heterocycles. The minimum Gasteiger partial charge on any atom is -0.464 e. The van der Waals surface area contributed by atoms with Crippen molar-refractivity contribution in [3.8, 4) is 5.75 Å². The molecular formula is C7H7ClFNO2. The molecule has 0 amide bonds. The molecular weight excluding hydrogens is 185 g/mol. The SMILES string of the molecule is COCOc1cc(F)cnc1Cl. The molecule has 1 aromatic heterocycles. The number of aromatic nitrogens is 1. The van der Waals surface area contributed by atoms with Gasteiger partial charge in [-0.2, -0.15) is 0 Å². The van der Waals surface area contributed by atoms with Gasteiger partial charge in [-0.3, -0.25) is 0 Å². The highest BCUT2D eigenvalue weighted by Crippen LogP contribution is 2.21. The molecule has 0 spiro atoms. The Morgan fingerprint density at radius 1 is 1.67 bits per heavy atom. The smallest absolute Gasteiger partial charge is 0.188 e. The average molecular weight is 192 g/mol. The first-order valence-electron chi connectivity index (χ1n) is 3.17. The number of ether oxygens (including phenoxy) is 2. The summed E-state index contributed by atoms with van der Waals surface area (Å²) in [6.45, 7) is 0.0187. The minimum absolute atomic E-state index is 0.0187. The summed E-state index contributed by atoms with van der Waals surface area (Å²) in [5, 5.41) is 0.119. The summed E-state index contributed by atoms with van der Waals surface area (Å²) in [6, 6.07) is 1.15. The molecule has 0 radical (unpaired) electrons. The van der Waals surface area contributed by atoms with Gasteiger partial charge in [-0.05, 0) is 0 Å². The highest BCUT2D eigenvalue weighted by Gasteiger charge is 2.03. The monoisotopic (exact) mass is 191 g/mol. The van der Waals surface area contributed by atoms with Gasteiger partial charge in [0.15, 0.2) is 17.7 Å². The summed E-state index contributed by atoms with van der Waals surface area (Å²) in [7, 11) is 1.46. The first-order valence-corrected chi connectivity index (χ1v) is 3.54. The van der Waals surface area contributed by atoms with Crippen LogP contribution in [-0.2, 0) is 4.74 Å². The van der Waals surface area contributed by atoms with E-state index in [1.807, 2.05) is 0 Å². The summed E-state index contributed by atoms with van der Waals surface area (Å²) in [5.74, 6) is -0.316. The van der Waals surface area contributed by atoms with Crippen LogP contribution >= 0.6 is 11.6 Å². The van der Waals surface area contributed by atoms with E-state index in [1.165, 1.54) is 7.11 Å². The molecule has 3 nitrogen and oxygen atoms in total. The number of rotatable bonds is 3. The molecule has 0 saturated carbocycles. The van der Waals surface area contributed by atoms with E-state index in [-0.39, 0.29) is 17.7 Å². The second-order valence-electron chi connectivity index (χ2n) is 1.99. The van der Waals surface area contributed by atoms with E-state index in [2.05, 4.69) is 9.72 Å². The van der Waals surface area contributed by atoms with Gasteiger partial charge in [0, 0.05) is 13.2 Å². The molecule has 0 atom stereocenters. The standard InChI is InChI=1S/C7H7ClFNO2/c1-11-4-12-6-2-5(9)3-10-7(6)8/h2-3H,4H2,1H3. The van der Waals surface area contributed by atoms with Crippen molar-refractivity contribution in [3.63, 3.8) is 0 Å². The molecule has 0 aliphatic carbocycles. The van der Waals surface area contributed by atoms with Gasteiger partial charge in [0.1, 0.15) is 5.82 Å². The Balaban J connectivity index is 2.75. The van der Waals surface area contributed by atoms with Gasteiger partial charge in [0.25, 0.3) is 0 Å². The fourth-order valence-corrected chi connectivity index (χ4v) is 0.786. The van der Waals surface area contributed by atoms with E-state index in [0.717, 1.165) is 12.3 Å². The summed E-state index contributed by atoms with van der Waals surface area (Å²) in [5.41, 5.74) is 0. The Hall–Kier alpha value is -0.870. The number of pyridine rings is 1. The van der Waals surface area contributed by atoms with Gasteiger partial charge in [0.2, 0.25) is 0 Å². The van der Waals surface area contributed by atoms with Crippen LogP contribution in [0.5, 0.6) is 5.75 Å². The zero-order valence-corrected chi connectivity index (χ0v) is 7.14. The van der Waals surface area contributed by atoms with E-state index >= 15 is 0 Å². The lowest BCUT2D eigenvalue weighted by Crippen LogP contribution is -2.00. The number of halogens is 2. The first kappa shape index (κ1) is 9.22. The van der Waals surface area contributed by atoms with Crippen LogP contribution in [0.4, 0.5) is 4.39 Å². The number of hydrogen-bond acceptors (Lipinski definition) is 3. The van der Waals surface area contributed by atoms with Gasteiger partial charge in [-0.25, -0.2) is 9.37 Å². The maximum atomic E-state index is 12.5. The molecule has 1 heterocycles. The van der Waals surface area contributed by atoms with Crippen LogP contribution in [0.1, 0.15) is 0 Å². The lowest BCUT2D eigenvalue weighted by Gasteiger charge is -2.04. The first-order chi connectivity index (χ1) is 5.74. The van der Waals surface area contributed by atoms with Crippen LogP contribution in [0.2, 0.25) is 5.15 Å². The molecule has 0 aromatic carbocycles. The van der Waals surface area contributed by atoms with Crippen LogP contribution in [0, 0.1) is 5.82 Å². The van der Waals surface area contributed by atoms with E-state index in [1.54, 1.807) is 0 Å². The fourth-order valence-electron chi connectivity index (χ4n) is 0.628. The fraction of sp³-hybridized carbons (Fsp3) is 0.286. The topological polar surface area (TPSA) is 31.4 Å². The van der Waals surface area contributed by atoms with Crippen molar-refractivity contribution < 1.29 is 13.9 Å². The largest absolute Gasteiger partial charge is 0.464 e. The zero-order valence-electron chi connectivity index (χ0n) is 6.38. The Morgan fingerprint density at radius 3 is 3.08 bits per heavy atom. The van der Waals surface area contributed by atoms with Crippen molar-refractivity contribution in [2.24, 2.45) is 0 Å². The van der Waals surface area contributed by atoms with Gasteiger partial charge in [-0.1, -0.05) is 11.6 Å². The predicted molar refractivity (Wildman–Crippen MR) is 41.7 cm³/mol. The lowest BCUT2D eigenvalue weighted by atomic mass is 10.4. The van der Waals surface area contributed by atoms with Crippen LogP contribution < -0.4 is 4.74 Å². The van der Waals surface area contributed by atoms with Crippen molar-refractivity contribution in [2.45, 2.75) is 0 Å². The molecule has 1 aromatic rings. The van der Waals surface area contributed by atoms with Crippen molar-refractivity contribution in [1.29, 1.82) is 0 Å². The quantitative estimate of drug-likeness (QED) is 0.540. The number of nitrogens with zero attached hydrogens (tertiary/aromatic N) is 1. The average Bonchev–Trinajstić information content (AvgIpc) is 2.07. The number of methoxy groups -OCH3 is 1. The second kappa shape index (κ2) is 4.23. The van der Waals surface area contributed by atoms with Crippen molar-refractivity contribution in [2.75, 3.05) is 13.9 Å². The molecule has 0 fully saturated rings. The summed E-state index contributed by atoms with van der Waals surface area (Å²) < 4.78 is 22.1.